The van der Waals surface area contributed by atoms with Crippen molar-refractivity contribution in [3.05, 3.63) is 22.4 Å². The number of carbonyl (C=O) groups excluding carboxylic acids is 3. The van der Waals surface area contributed by atoms with E-state index in [1.165, 1.54) is 22.7 Å². The maximum atomic E-state index is 13.6. The first-order valence-electron chi connectivity index (χ1n) is 11.6. The first-order valence-corrected chi connectivity index (χ1v) is 12.6. The zero-order chi connectivity index (χ0) is 22.0. The number of likely N-dealkylation sites (tertiary alicyclic amines) is 2. The van der Waals surface area contributed by atoms with Crippen LogP contribution in [0.4, 0.5) is 4.79 Å². The van der Waals surface area contributed by atoms with Gasteiger partial charge in [-0.15, -0.1) is 0 Å². The van der Waals surface area contributed by atoms with Crippen LogP contribution in [0, 0.1) is 5.92 Å². The molecule has 3 aliphatic heterocycles. The number of amides is 4. The van der Waals surface area contributed by atoms with E-state index in [1.807, 2.05) is 21.7 Å². The lowest BCUT2D eigenvalue weighted by molar-refractivity contribution is -0.134. The van der Waals surface area contributed by atoms with E-state index in [0.29, 0.717) is 32.1 Å². The third-order valence-corrected chi connectivity index (χ3v) is 8.13. The molecular weight excluding hydrogens is 412 g/mol. The molecule has 4 rings (SSSR count). The zero-order valence-electron chi connectivity index (χ0n) is 18.6. The highest BCUT2D eigenvalue weighted by molar-refractivity contribution is 7.08. The highest BCUT2D eigenvalue weighted by atomic mass is 32.1. The van der Waals surface area contributed by atoms with Gasteiger partial charge in [-0.25, -0.2) is 4.79 Å². The van der Waals surface area contributed by atoms with Gasteiger partial charge in [0, 0.05) is 31.1 Å². The molecule has 170 valence electrons. The lowest BCUT2D eigenvalue weighted by atomic mass is 9.74. The normalized spacial score (nSPS) is 27.9. The molecule has 4 heterocycles. The molecule has 0 saturated carbocycles. The minimum Gasteiger partial charge on any atom is -0.339 e. The minimum absolute atomic E-state index is 0.0531. The van der Waals surface area contributed by atoms with Gasteiger partial charge in [0.25, 0.3) is 11.8 Å². The summed E-state index contributed by atoms with van der Waals surface area (Å²) in [4.78, 5) is 44.8. The van der Waals surface area contributed by atoms with Crippen LogP contribution in [0.2, 0.25) is 0 Å². The second-order valence-electron chi connectivity index (χ2n) is 9.25. The molecule has 1 N–H and O–H groups in total. The lowest BCUT2D eigenvalue weighted by Crippen LogP contribution is -2.56. The molecule has 31 heavy (non-hydrogen) atoms. The molecule has 3 aliphatic rings. The Morgan fingerprint density at radius 2 is 2.00 bits per heavy atom. The van der Waals surface area contributed by atoms with Crippen LogP contribution in [0.1, 0.15) is 62.2 Å². The van der Waals surface area contributed by atoms with Crippen LogP contribution in [0.15, 0.2) is 16.8 Å². The van der Waals surface area contributed by atoms with Gasteiger partial charge in [0.1, 0.15) is 5.54 Å². The monoisotopic (exact) mass is 446 g/mol. The molecule has 0 radical (unpaired) electrons. The van der Waals surface area contributed by atoms with Gasteiger partial charge in [0.15, 0.2) is 0 Å². The summed E-state index contributed by atoms with van der Waals surface area (Å²) in [7, 11) is 2.12. The summed E-state index contributed by atoms with van der Waals surface area (Å²) in [5, 5.41) is 6.92. The molecule has 7 nitrogen and oxygen atoms in total. The summed E-state index contributed by atoms with van der Waals surface area (Å²) in [5.41, 5.74) is -0.0784. The predicted molar refractivity (Wildman–Crippen MR) is 121 cm³/mol. The van der Waals surface area contributed by atoms with Gasteiger partial charge in [-0.2, -0.15) is 11.3 Å². The number of imide groups is 1. The van der Waals surface area contributed by atoms with E-state index in [4.69, 9.17) is 0 Å². The highest BCUT2D eigenvalue weighted by Gasteiger charge is 2.55. The molecule has 1 aromatic rings. The largest absolute Gasteiger partial charge is 0.339 e. The van der Waals surface area contributed by atoms with Crippen LogP contribution < -0.4 is 5.32 Å². The number of nitrogens with zero attached hydrogens (tertiary/aromatic N) is 3. The molecular formula is C23H34N4O3S. The Morgan fingerprint density at radius 1 is 1.23 bits per heavy atom. The van der Waals surface area contributed by atoms with Crippen molar-refractivity contribution in [1.29, 1.82) is 0 Å². The second-order valence-corrected chi connectivity index (χ2v) is 10.0. The van der Waals surface area contributed by atoms with Crippen LogP contribution in [-0.2, 0) is 4.79 Å². The Bertz CT molecular complexity index is 806. The molecule has 4 amide bonds. The summed E-state index contributed by atoms with van der Waals surface area (Å²) in [5.74, 6) is 0.0746. The van der Waals surface area contributed by atoms with Crippen LogP contribution in [0.25, 0.3) is 0 Å². The van der Waals surface area contributed by atoms with Crippen molar-refractivity contribution in [2.75, 3.05) is 33.2 Å². The molecule has 0 aromatic carbocycles. The smallest absolute Gasteiger partial charge is 0.325 e. The third-order valence-electron chi connectivity index (χ3n) is 7.45. The van der Waals surface area contributed by atoms with Gasteiger partial charge in [0.2, 0.25) is 0 Å². The topological polar surface area (TPSA) is 73.0 Å². The Balaban J connectivity index is 1.42. The van der Waals surface area contributed by atoms with Crippen molar-refractivity contribution in [2.24, 2.45) is 5.92 Å². The van der Waals surface area contributed by atoms with E-state index < -0.39 is 5.54 Å². The quantitative estimate of drug-likeness (QED) is 0.653. The van der Waals surface area contributed by atoms with Gasteiger partial charge in [0.05, 0.1) is 5.56 Å². The summed E-state index contributed by atoms with van der Waals surface area (Å²) in [6.07, 6.45) is 6.12. The van der Waals surface area contributed by atoms with Gasteiger partial charge < -0.3 is 15.1 Å². The second kappa shape index (κ2) is 9.28. The van der Waals surface area contributed by atoms with Crippen LogP contribution >= 0.6 is 11.3 Å². The van der Waals surface area contributed by atoms with Crippen molar-refractivity contribution in [3.8, 4) is 0 Å². The lowest BCUT2D eigenvalue weighted by Gasteiger charge is -2.41. The summed E-state index contributed by atoms with van der Waals surface area (Å²) < 4.78 is 0. The van der Waals surface area contributed by atoms with Crippen molar-refractivity contribution < 1.29 is 14.4 Å². The standard InChI is InChI=1S/C23H34N4O3S/c1-3-10-23(18-6-12-26(13-7-18)20(28)17-9-15-31-16-17)21(29)27(22(30)24-23)14-8-19-5-4-11-25(19)2/h9,15-16,18-19H,3-8,10-14H2,1-2H3,(H,24,30). The molecule has 2 atom stereocenters. The average Bonchev–Trinajstić information content (AvgIpc) is 3.49. The fraction of sp³-hybridized carbons (Fsp3) is 0.696. The molecule has 3 saturated heterocycles. The fourth-order valence-electron chi connectivity index (χ4n) is 5.66. The predicted octanol–water partition coefficient (Wildman–Crippen LogP) is 3.18. The SMILES string of the molecule is CCCC1(C2CCN(C(=O)c3ccsc3)CC2)NC(=O)N(CCC2CCCN2C)C1=O. The van der Waals surface area contributed by atoms with Crippen molar-refractivity contribution in [3.63, 3.8) is 0 Å². The number of thiophene rings is 1. The number of nitrogens with one attached hydrogen (secondary N) is 1. The van der Waals surface area contributed by atoms with Crippen LogP contribution in [-0.4, -0.2) is 77.4 Å². The fourth-order valence-corrected chi connectivity index (χ4v) is 6.29. The molecule has 1 aromatic heterocycles. The first-order chi connectivity index (χ1) is 15.0. The average molecular weight is 447 g/mol. The number of carbonyl (C=O) groups is 3. The van der Waals surface area contributed by atoms with Crippen molar-refractivity contribution >= 4 is 29.2 Å². The Morgan fingerprint density at radius 3 is 2.61 bits per heavy atom. The van der Waals surface area contributed by atoms with Crippen molar-refractivity contribution in [2.45, 2.75) is 63.5 Å². The molecule has 0 bridgehead atoms. The number of piperidine rings is 1. The number of rotatable bonds is 7. The maximum Gasteiger partial charge on any atom is 0.325 e. The summed E-state index contributed by atoms with van der Waals surface area (Å²) >= 11 is 1.53. The molecule has 0 spiro atoms. The first kappa shape index (κ1) is 22.3. The summed E-state index contributed by atoms with van der Waals surface area (Å²) in [6, 6.07) is 2.07. The van der Waals surface area contributed by atoms with E-state index in [9.17, 15) is 14.4 Å². The number of urea groups is 1. The van der Waals surface area contributed by atoms with Crippen LogP contribution in [0.5, 0.6) is 0 Å². The van der Waals surface area contributed by atoms with Gasteiger partial charge in [-0.1, -0.05) is 13.3 Å². The Kier molecular flexibility index (Phi) is 6.67. The molecule has 3 fully saturated rings. The number of hydrogen-bond acceptors (Lipinski definition) is 5. The summed E-state index contributed by atoms with van der Waals surface area (Å²) in [6.45, 7) is 4.89. The highest BCUT2D eigenvalue weighted by Crippen LogP contribution is 2.37. The van der Waals surface area contributed by atoms with Gasteiger partial charge in [-0.05, 0) is 69.5 Å². The molecule has 0 aliphatic carbocycles. The van der Waals surface area contributed by atoms with Crippen molar-refractivity contribution in [1.82, 2.24) is 20.0 Å². The molecule has 8 heteroatoms. The van der Waals surface area contributed by atoms with E-state index >= 15 is 0 Å². The molecule has 2 unspecified atom stereocenters. The van der Waals surface area contributed by atoms with E-state index in [0.717, 1.165) is 44.2 Å². The van der Waals surface area contributed by atoms with Gasteiger partial charge >= 0.3 is 6.03 Å². The van der Waals surface area contributed by atoms with E-state index in [1.54, 1.807) is 0 Å². The van der Waals surface area contributed by atoms with E-state index in [-0.39, 0.29) is 23.8 Å². The minimum atomic E-state index is -0.815. The maximum absolute atomic E-state index is 13.6. The Hall–Kier alpha value is -1.93. The van der Waals surface area contributed by atoms with E-state index in [2.05, 4.69) is 24.2 Å². The number of hydrogen-bond donors (Lipinski definition) is 1. The Labute approximate surface area is 188 Å². The van der Waals surface area contributed by atoms with Crippen LogP contribution in [0.3, 0.4) is 0 Å². The van der Waals surface area contributed by atoms with Gasteiger partial charge in [-0.3, -0.25) is 14.5 Å². The zero-order valence-corrected chi connectivity index (χ0v) is 19.5. The third kappa shape index (κ3) is 4.24.